The Kier molecular flexibility index (Phi) is 6.61. The zero-order valence-corrected chi connectivity index (χ0v) is 11.1. The van der Waals surface area contributed by atoms with Crippen LogP contribution in [-0.4, -0.2) is 18.1 Å². The molecule has 0 spiro atoms. The second-order valence-corrected chi connectivity index (χ2v) is 4.88. The third-order valence-corrected chi connectivity index (χ3v) is 3.32. The maximum absolute atomic E-state index is 5.76. The maximum atomic E-state index is 5.76. The van der Waals surface area contributed by atoms with Gasteiger partial charge in [-0.25, -0.2) is 4.98 Å². The lowest BCUT2D eigenvalue weighted by Gasteiger charge is -2.09. The minimum atomic E-state index is 0.418. The molecule has 0 radical (unpaired) electrons. The molecular weight excluding hydrogens is 220 g/mol. The van der Waals surface area contributed by atoms with E-state index in [1.165, 1.54) is 0 Å². The molecule has 0 bridgehead atoms. The van der Waals surface area contributed by atoms with Gasteiger partial charge in [-0.15, -0.1) is 11.3 Å². The molecule has 0 aliphatic carbocycles. The van der Waals surface area contributed by atoms with Gasteiger partial charge in [0, 0.05) is 24.4 Å². The average Bonchev–Trinajstić information content (AvgIpc) is 2.75. The van der Waals surface area contributed by atoms with Gasteiger partial charge in [-0.1, -0.05) is 20.3 Å². The highest BCUT2D eigenvalue weighted by Gasteiger charge is 2.12. The van der Waals surface area contributed by atoms with E-state index < -0.39 is 0 Å². The molecule has 4 heteroatoms. The summed E-state index contributed by atoms with van der Waals surface area (Å²) in [6, 6.07) is 0. The van der Waals surface area contributed by atoms with E-state index in [1.807, 2.05) is 0 Å². The van der Waals surface area contributed by atoms with Crippen molar-refractivity contribution in [1.82, 2.24) is 4.98 Å². The van der Waals surface area contributed by atoms with Crippen molar-refractivity contribution >= 4 is 11.3 Å². The van der Waals surface area contributed by atoms with Gasteiger partial charge in [-0.3, -0.25) is 0 Å². The van der Waals surface area contributed by atoms with Crippen molar-refractivity contribution in [2.45, 2.75) is 45.6 Å². The van der Waals surface area contributed by atoms with Crippen molar-refractivity contribution in [2.75, 3.05) is 13.2 Å². The number of rotatable bonds is 8. The molecule has 0 amide bonds. The number of nitrogens with two attached hydrogens (primary N) is 1. The third-order valence-electron chi connectivity index (χ3n) is 2.48. The lowest BCUT2D eigenvalue weighted by Crippen LogP contribution is -2.12. The first-order chi connectivity index (χ1) is 7.81. The van der Waals surface area contributed by atoms with Crippen LogP contribution in [-0.2, 0) is 11.3 Å². The zero-order valence-electron chi connectivity index (χ0n) is 10.2. The monoisotopic (exact) mass is 242 g/mol. The largest absolute Gasteiger partial charge is 0.374 e. The molecule has 3 nitrogen and oxygen atoms in total. The molecular formula is C12H22N2OS. The predicted molar refractivity (Wildman–Crippen MR) is 68.8 cm³/mol. The highest BCUT2D eigenvalue weighted by atomic mass is 32.1. The molecule has 1 heterocycles. The number of nitrogens with zero attached hydrogens (tertiary/aromatic N) is 1. The number of ether oxygens (including phenoxy) is 1. The van der Waals surface area contributed by atoms with E-state index in [0.29, 0.717) is 19.1 Å². The molecule has 2 N–H and O–H groups in total. The molecule has 1 atom stereocenters. The Morgan fingerprint density at radius 2 is 2.25 bits per heavy atom. The Bertz CT molecular complexity index is 288. The number of hydrogen-bond donors (Lipinski definition) is 1. The summed E-state index contributed by atoms with van der Waals surface area (Å²) >= 11 is 1.68. The first-order valence-electron chi connectivity index (χ1n) is 6.03. The minimum Gasteiger partial charge on any atom is -0.374 e. The van der Waals surface area contributed by atoms with E-state index in [-0.39, 0.29) is 0 Å². The second kappa shape index (κ2) is 7.76. The summed E-state index contributed by atoms with van der Waals surface area (Å²) in [5.41, 5.74) is 6.90. The van der Waals surface area contributed by atoms with E-state index in [1.54, 1.807) is 11.3 Å². The Morgan fingerprint density at radius 3 is 2.88 bits per heavy atom. The van der Waals surface area contributed by atoms with Crippen LogP contribution in [0.15, 0.2) is 5.38 Å². The summed E-state index contributed by atoms with van der Waals surface area (Å²) in [5, 5.41) is 3.19. The van der Waals surface area contributed by atoms with Crippen LogP contribution in [0, 0.1) is 0 Å². The molecule has 0 fully saturated rings. The van der Waals surface area contributed by atoms with Gasteiger partial charge < -0.3 is 10.5 Å². The van der Waals surface area contributed by atoms with E-state index in [4.69, 9.17) is 10.5 Å². The number of aromatic nitrogens is 1. The maximum Gasteiger partial charge on any atom is 0.119 e. The molecule has 92 valence electrons. The molecule has 1 rings (SSSR count). The minimum absolute atomic E-state index is 0.418. The summed E-state index contributed by atoms with van der Waals surface area (Å²) in [7, 11) is 0. The lowest BCUT2D eigenvalue weighted by atomic mass is 10.0. The summed E-state index contributed by atoms with van der Waals surface area (Å²) in [5.74, 6) is 0.418. The van der Waals surface area contributed by atoms with Gasteiger partial charge in [-0.2, -0.15) is 0 Å². The number of hydrogen-bond acceptors (Lipinski definition) is 4. The molecule has 1 aromatic heterocycles. The fourth-order valence-electron chi connectivity index (χ4n) is 1.62. The molecule has 0 saturated carbocycles. The Morgan fingerprint density at radius 1 is 1.44 bits per heavy atom. The van der Waals surface area contributed by atoms with Gasteiger partial charge in [0.2, 0.25) is 0 Å². The van der Waals surface area contributed by atoms with Crippen molar-refractivity contribution in [3.63, 3.8) is 0 Å². The van der Waals surface area contributed by atoms with Gasteiger partial charge in [-0.05, 0) is 12.8 Å². The second-order valence-electron chi connectivity index (χ2n) is 3.94. The SMILES string of the molecule is CCCOCc1nc(C(CN)CCC)cs1. The summed E-state index contributed by atoms with van der Waals surface area (Å²) in [6.45, 7) is 6.43. The fourth-order valence-corrected chi connectivity index (χ4v) is 2.43. The van der Waals surface area contributed by atoms with Crippen molar-refractivity contribution in [3.8, 4) is 0 Å². The van der Waals surface area contributed by atoms with Crippen molar-refractivity contribution in [2.24, 2.45) is 5.73 Å². The average molecular weight is 242 g/mol. The Labute approximate surface area is 102 Å². The Hall–Kier alpha value is -0.450. The molecule has 16 heavy (non-hydrogen) atoms. The van der Waals surface area contributed by atoms with Gasteiger partial charge in [0.1, 0.15) is 5.01 Å². The number of thiazole rings is 1. The van der Waals surface area contributed by atoms with Crippen LogP contribution < -0.4 is 5.73 Å². The quantitative estimate of drug-likeness (QED) is 0.713. The van der Waals surface area contributed by atoms with E-state index in [9.17, 15) is 0 Å². The predicted octanol–water partition coefficient (Wildman–Crippen LogP) is 2.91. The van der Waals surface area contributed by atoms with Gasteiger partial charge in [0.05, 0.1) is 12.3 Å². The first kappa shape index (κ1) is 13.6. The first-order valence-corrected chi connectivity index (χ1v) is 6.91. The van der Waals surface area contributed by atoms with Crippen LogP contribution in [0.3, 0.4) is 0 Å². The molecule has 0 aromatic carbocycles. The van der Waals surface area contributed by atoms with Gasteiger partial charge in [0.15, 0.2) is 0 Å². The van der Waals surface area contributed by atoms with Gasteiger partial charge in [0.25, 0.3) is 0 Å². The summed E-state index contributed by atoms with van der Waals surface area (Å²) in [6.07, 6.45) is 3.33. The van der Waals surface area contributed by atoms with Crippen LogP contribution >= 0.6 is 11.3 Å². The van der Waals surface area contributed by atoms with Crippen LogP contribution in [0.1, 0.15) is 49.7 Å². The van der Waals surface area contributed by atoms with E-state index in [2.05, 4.69) is 24.2 Å². The highest BCUT2D eigenvalue weighted by Crippen LogP contribution is 2.22. The van der Waals surface area contributed by atoms with Crippen LogP contribution in [0.5, 0.6) is 0 Å². The standard InChI is InChI=1S/C12H22N2OS/c1-3-5-10(7-13)11-9-16-12(14-11)8-15-6-4-2/h9-10H,3-8,13H2,1-2H3. The fraction of sp³-hybridized carbons (Fsp3) is 0.750. The third kappa shape index (κ3) is 4.20. The smallest absolute Gasteiger partial charge is 0.119 e. The topological polar surface area (TPSA) is 48.1 Å². The van der Waals surface area contributed by atoms with Crippen LogP contribution in [0.25, 0.3) is 0 Å². The van der Waals surface area contributed by atoms with Crippen molar-refractivity contribution in [3.05, 3.63) is 16.1 Å². The summed E-state index contributed by atoms with van der Waals surface area (Å²) in [4.78, 5) is 4.59. The van der Waals surface area contributed by atoms with Crippen LogP contribution in [0.2, 0.25) is 0 Å². The van der Waals surface area contributed by atoms with Crippen LogP contribution in [0.4, 0.5) is 0 Å². The lowest BCUT2D eigenvalue weighted by molar-refractivity contribution is 0.121. The van der Waals surface area contributed by atoms with Crippen molar-refractivity contribution in [1.29, 1.82) is 0 Å². The highest BCUT2D eigenvalue weighted by molar-refractivity contribution is 7.09. The van der Waals surface area contributed by atoms with Crippen molar-refractivity contribution < 1.29 is 4.74 Å². The van der Waals surface area contributed by atoms with E-state index in [0.717, 1.165) is 36.6 Å². The summed E-state index contributed by atoms with van der Waals surface area (Å²) < 4.78 is 5.47. The molecule has 0 aliphatic heterocycles. The normalized spacial score (nSPS) is 12.9. The molecule has 0 saturated heterocycles. The molecule has 1 unspecified atom stereocenters. The molecule has 1 aromatic rings. The van der Waals surface area contributed by atoms with E-state index >= 15 is 0 Å². The van der Waals surface area contributed by atoms with Gasteiger partial charge >= 0.3 is 0 Å². The Balaban J connectivity index is 2.48. The zero-order chi connectivity index (χ0) is 11.8. The molecule has 0 aliphatic rings.